The molecule has 0 N–H and O–H groups in total. The van der Waals surface area contributed by atoms with Crippen LogP contribution in [0.25, 0.3) is 16.6 Å². The van der Waals surface area contributed by atoms with E-state index in [9.17, 15) is 4.79 Å². The SMILES string of the molecule is Cc1noc(C)c1-c1ccc2c(c1)CCN(C(=O)c1cc3ccc(Cl)cn3n1)C2C. The third-order valence-corrected chi connectivity index (χ3v) is 6.13. The number of hydrogen-bond donors (Lipinski definition) is 0. The minimum Gasteiger partial charge on any atom is -0.361 e. The van der Waals surface area contributed by atoms with Gasteiger partial charge >= 0.3 is 0 Å². The van der Waals surface area contributed by atoms with Crippen LogP contribution in [-0.2, 0) is 6.42 Å². The van der Waals surface area contributed by atoms with Crippen LogP contribution in [0.3, 0.4) is 0 Å². The first-order valence-corrected chi connectivity index (χ1v) is 10.3. The van der Waals surface area contributed by atoms with E-state index in [0.717, 1.165) is 40.1 Å². The quantitative estimate of drug-likeness (QED) is 0.456. The largest absolute Gasteiger partial charge is 0.361 e. The van der Waals surface area contributed by atoms with Crippen LogP contribution >= 0.6 is 11.6 Å². The van der Waals surface area contributed by atoms with Gasteiger partial charge in [0.1, 0.15) is 5.76 Å². The Morgan fingerprint density at radius 2 is 2.03 bits per heavy atom. The van der Waals surface area contributed by atoms with Gasteiger partial charge in [-0.05, 0) is 62.1 Å². The van der Waals surface area contributed by atoms with Crippen LogP contribution in [0.15, 0.2) is 47.1 Å². The van der Waals surface area contributed by atoms with Crippen molar-refractivity contribution in [3.8, 4) is 11.1 Å². The number of benzene rings is 1. The van der Waals surface area contributed by atoms with Crippen molar-refractivity contribution in [3.63, 3.8) is 0 Å². The predicted molar refractivity (Wildman–Crippen MR) is 115 cm³/mol. The molecule has 1 aliphatic heterocycles. The fraction of sp³-hybridized carbons (Fsp3) is 0.261. The highest BCUT2D eigenvalue weighted by Gasteiger charge is 2.30. The Balaban J connectivity index is 1.45. The lowest BCUT2D eigenvalue weighted by Crippen LogP contribution is -2.39. The lowest BCUT2D eigenvalue weighted by atomic mass is 9.90. The van der Waals surface area contributed by atoms with E-state index >= 15 is 0 Å². The molecule has 30 heavy (non-hydrogen) atoms. The molecular weight excluding hydrogens is 400 g/mol. The molecule has 1 aliphatic rings. The van der Waals surface area contributed by atoms with Crippen molar-refractivity contribution < 1.29 is 9.32 Å². The van der Waals surface area contributed by atoms with Gasteiger partial charge in [-0.1, -0.05) is 35.0 Å². The van der Waals surface area contributed by atoms with Crippen molar-refractivity contribution in [3.05, 3.63) is 75.9 Å². The van der Waals surface area contributed by atoms with E-state index in [4.69, 9.17) is 16.1 Å². The molecule has 0 bridgehead atoms. The number of nitrogens with zero attached hydrogens (tertiary/aromatic N) is 4. The Kier molecular flexibility index (Phi) is 4.40. The van der Waals surface area contributed by atoms with Gasteiger partial charge in [0, 0.05) is 18.3 Å². The average Bonchev–Trinajstić information content (AvgIpc) is 3.30. The molecule has 0 aliphatic carbocycles. The van der Waals surface area contributed by atoms with E-state index in [1.807, 2.05) is 24.8 Å². The van der Waals surface area contributed by atoms with Gasteiger partial charge in [-0.25, -0.2) is 4.52 Å². The molecule has 5 rings (SSSR count). The van der Waals surface area contributed by atoms with Crippen LogP contribution in [0.5, 0.6) is 0 Å². The summed E-state index contributed by atoms with van der Waals surface area (Å²) in [5.74, 6) is 0.753. The number of aromatic nitrogens is 3. The Labute approximate surface area is 179 Å². The molecule has 6 nitrogen and oxygen atoms in total. The molecule has 0 fully saturated rings. The van der Waals surface area contributed by atoms with E-state index in [1.54, 1.807) is 22.8 Å². The van der Waals surface area contributed by atoms with Crippen LogP contribution in [0.4, 0.5) is 0 Å². The number of carbonyl (C=O) groups is 1. The van der Waals surface area contributed by atoms with Crippen molar-refractivity contribution in [2.75, 3.05) is 6.54 Å². The van der Waals surface area contributed by atoms with Crippen LogP contribution in [0.2, 0.25) is 5.02 Å². The van der Waals surface area contributed by atoms with Crippen molar-refractivity contribution in [2.24, 2.45) is 0 Å². The number of halogens is 1. The molecular formula is C23H21ClN4O2. The van der Waals surface area contributed by atoms with Gasteiger partial charge in [-0.15, -0.1) is 0 Å². The molecule has 7 heteroatoms. The number of pyridine rings is 1. The lowest BCUT2D eigenvalue weighted by Gasteiger charge is -2.35. The highest BCUT2D eigenvalue weighted by Crippen LogP contribution is 2.35. The zero-order valence-electron chi connectivity index (χ0n) is 17.0. The molecule has 4 heterocycles. The van der Waals surface area contributed by atoms with Gasteiger partial charge in [0.15, 0.2) is 5.69 Å². The van der Waals surface area contributed by atoms with Crippen LogP contribution in [0, 0.1) is 13.8 Å². The fourth-order valence-corrected chi connectivity index (χ4v) is 4.53. The summed E-state index contributed by atoms with van der Waals surface area (Å²) in [6, 6.07) is 11.8. The van der Waals surface area contributed by atoms with Gasteiger partial charge < -0.3 is 9.42 Å². The maximum absolute atomic E-state index is 13.2. The van der Waals surface area contributed by atoms with Gasteiger partial charge in [0.25, 0.3) is 5.91 Å². The Hall–Kier alpha value is -3.12. The van der Waals surface area contributed by atoms with Crippen LogP contribution in [0.1, 0.15) is 46.0 Å². The molecule has 0 saturated heterocycles. The standard InChI is InChI=1S/C23H21ClN4O2/c1-13-22(15(3)30-26-13)17-4-7-20-14(2)27(9-8-16(20)10-17)23(29)21-11-19-6-5-18(24)12-28(19)25-21/h4-7,10-12,14H,8-9H2,1-3H3. The number of amides is 1. The molecule has 152 valence electrons. The summed E-state index contributed by atoms with van der Waals surface area (Å²) in [7, 11) is 0. The van der Waals surface area contributed by atoms with Gasteiger partial charge in [0.2, 0.25) is 0 Å². The highest BCUT2D eigenvalue weighted by atomic mass is 35.5. The maximum atomic E-state index is 13.2. The molecule has 1 aromatic carbocycles. The summed E-state index contributed by atoms with van der Waals surface area (Å²) < 4.78 is 6.97. The monoisotopic (exact) mass is 420 g/mol. The van der Waals surface area contributed by atoms with Crippen molar-refractivity contribution >= 4 is 23.0 Å². The van der Waals surface area contributed by atoms with Gasteiger partial charge in [0.05, 0.1) is 22.3 Å². The average molecular weight is 421 g/mol. The number of aryl methyl sites for hydroxylation is 2. The van der Waals surface area contributed by atoms with Crippen LogP contribution < -0.4 is 0 Å². The summed E-state index contributed by atoms with van der Waals surface area (Å²) in [5.41, 5.74) is 6.74. The summed E-state index contributed by atoms with van der Waals surface area (Å²) in [4.78, 5) is 15.1. The molecule has 0 spiro atoms. The minimum absolute atomic E-state index is 0.0339. The van der Waals surface area contributed by atoms with Crippen LogP contribution in [-0.4, -0.2) is 32.1 Å². The Bertz CT molecular complexity index is 1270. The second-order valence-electron chi connectivity index (χ2n) is 7.78. The predicted octanol–water partition coefficient (Wildman–Crippen LogP) is 5.02. The summed E-state index contributed by atoms with van der Waals surface area (Å²) in [5, 5.41) is 9.08. The first-order valence-electron chi connectivity index (χ1n) is 9.94. The Morgan fingerprint density at radius 3 is 2.80 bits per heavy atom. The van der Waals surface area contributed by atoms with Gasteiger partial charge in [-0.3, -0.25) is 4.79 Å². The van der Waals surface area contributed by atoms with E-state index in [0.29, 0.717) is 17.3 Å². The molecule has 0 radical (unpaired) electrons. The van der Waals surface area contributed by atoms with Crippen molar-refractivity contribution in [1.82, 2.24) is 19.7 Å². The summed E-state index contributed by atoms with van der Waals surface area (Å²) in [6.07, 6.45) is 2.50. The molecule has 0 saturated carbocycles. The lowest BCUT2D eigenvalue weighted by molar-refractivity contribution is 0.0671. The molecule has 1 amide bonds. The summed E-state index contributed by atoms with van der Waals surface area (Å²) >= 11 is 6.04. The summed E-state index contributed by atoms with van der Waals surface area (Å²) in [6.45, 7) is 6.60. The maximum Gasteiger partial charge on any atom is 0.274 e. The topological polar surface area (TPSA) is 63.6 Å². The molecule has 1 unspecified atom stereocenters. The fourth-order valence-electron chi connectivity index (χ4n) is 4.37. The van der Waals surface area contributed by atoms with E-state index < -0.39 is 0 Å². The molecule has 4 aromatic rings. The third kappa shape index (κ3) is 2.99. The molecule has 3 aromatic heterocycles. The smallest absolute Gasteiger partial charge is 0.274 e. The highest BCUT2D eigenvalue weighted by molar-refractivity contribution is 6.30. The van der Waals surface area contributed by atoms with E-state index in [-0.39, 0.29) is 11.9 Å². The van der Waals surface area contributed by atoms with Crippen molar-refractivity contribution in [2.45, 2.75) is 33.2 Å². The van der Waals surface area contributed by atoms with E-state index in [1.165, 1.54) is 5.56 Å². The zero-order valence-corrected chi connectivity index (χ0v) is 17.8. The second-order valence-corrected chi connectivity index (χ2v) is 8.22. The normalized spacial score (nSPS) is 16.1. The first kappa shape index (κ1) is 18.9. The number of carbonyl (C=O) groups excluding carboxylic acids is 1. The Morgan fingerprint density at radius 1 is 1.20 bits per heavy atom. The number of hydrogen-bond acceptors (Lipinski definition) is 4. The zero-order chi connectivity index (χ0) is 21.0. The van der Waals surface area contributed by atoms with Gasteiger partial charge in [-0.2, -0.15) is 5.10 Å². The van der Waals surface area contributed by atoms with E-state index in [2.05, 4.69) is 35.4 Å². The number of fused-ring (bicyclic) bond motifs is 2. The number of rotatable bonds is 2. The first-order chi connectivity index (χ1) is 14.4. The minimum atomic E-state index is -0.0669. The third-order valence-electron chi connectivity index (χ3n) is 5.91. The van der Waals surface area contributed by atoms with Crippen molar-refractivity contribution in [1.29, 1.82) is 0 Å². The second kappa shape index (κ2) is 6.99. The molecule has 1 atom stereocenters.